The van der Waals surface area contributed by atoms with Crippen LogP contribution in [0.4, 0.5) is 49.6 Å². The monoisotopic (exact) mass is 653 g/mol. The van der Waals surface area contributed by atoms with Gasteiger partial charge in [-0.05, 0) is 64.4 Å². The van der Waals surface area contributed by atoms with E-state index in [4.69, 9.17) is 0 Å². The molecule has 0 fully saturated rings. The smallest absolute Gasteiger partial charge is 0.350 e. The quantitative estimate of drug-likeness (QED) is 0.202. The molecule has 16 heteroatoms. The summed E-state index contributed by atoms with van der Waals surface area (Å²) in [5, 5.41) is 4.82. The number of nitrogens with zero attached hydrogens (tertiary/aromatic N) is 1. The van der Waals surface area contributed by atoms with Crippen LogP contribution in [0.15, 0.2) is 42.5 Å². The first-order valence-corrected chi connectivity index (χ1v) is 12.9. The molecule has 0 unspecified atom stereocenters. The van der Waals surface area contributed by atoms with Gasteiger partial charge >= 0.3 is 24.2 Å². The number of ketones is 1. The number of halogens is 10. The Balaban J connectivity index is 2.16. The van der Waals surface area contributed by atoms with E-state index in [1.165, 1.54) is 26.0 Å². The predicted molar refractivity (Wildman–Crippen MR) is 142 cm³/mol. The van der Waals surface area contributed by atoms with Gasteiger partial charge in [0.2, 0.25) is 0 Å². The maximum Gasteiger partial charge on any atom is 0.454 e. The van der Waals surface area contributed by atoms with Gasteiger partial charge in [0.25, 0.3) is 17.6 Å². The Hall–Kier alpha value is -4.37. The van der Waals surface area contributed by atoms with Gasteiger partial charge in [-0.2, -0.15) is 39.5 Å². The second-order valence-corrected chi connectivity index (χ2v) is 10.4. The summed E-state index contributed by atoms with van der Waals surface area (Å²) >= 11 is 0. The molecule has 2 N–H and O–H groups in total. The molecule has 0 bridgehead atoms. The molecule has 0 saturated heterocycles. The number of hydrogen-bond donors (Lipinski definition) is 2. The zero-order chi connectivity index (χ0) is 34.4. The van der Waals surface area contributed by atoms with E-state index in [0.29, 0.717) is 6.07 Å². The molecule has 0 spiro atoms. The number of rotatable bonds is 7. The van der Waals surface area contributed by atoms with E-state index in [2.05, 4.69) is 10.6 Å². The summed E-state index contributed by atoms with van der Waals surface area (Å²) in [4.78, 5) is 38.8. The molecule has 0 saturated carbocycles. The van der Waals surface area contributed by atoms with Crippen LogP contribution in [0.5, 0.6) is 0 Å². The lowest BCUT2D eigenvalue weighted by Crippen LogP contribution is -2.50. The minimum absolute atomic E-state index is 0.0896. The molecule has 3 aromatic rings. The number of amides is 2. The van der Waals surface area contributed by atoms with Crippen LogP contribution in [0.25, 0.3) is 5.69 Å². The van der Waals surface area contributed by atoms with Gasteiger partial charge in [0, 0.05) is 34.2 Å². The average Bonchev–Trinajstić information content (AvgIpc) is 3.19. The topological polar surface area (TPSA) is 80.2 Å². The standard InChI is InChI=1S/C29H25F10N3O3/c1-13(2)40-25(45)22-18(7-6-8-21(22)42-15(4)12-19(16(42)5)23(43)27(31,32)33)24(44)41-20-10-9-17(11-14(20)3)26(30,28(34,35)36)29(37,38)39/h6-13H,1-5H3,(H,40,45)(H,41,44). The van der Waals surface area contributed by atoms with Gasteiger partial charge in [-0.15, -0.1) is 0 Å². The Kier molecular flexibility index (Phi) is 9.25. The number of nitrogens with one attached hydrogen (secondary N) is 2. The van der Waals surface area contributed by atoms with Gasteiger partial charge in [0.1, 0.15) is 0 Å². The molecule has 2 amide bonds. The van der Waals surface area contributed by atoms with E-state index in [1.54, 1.807) is 13.8 Å². The fraction of sp³-hybridized carbons (Fsp3) is 0.345. The highest BCUT2D eigenvalue weighted by atomic mass is 19.4. The highest BCUT2D eigenvalue weighted by molar-refractivity contribution is 6.14. The number of alkyl halides is 10. The molecular formula is C29H25F10N3O3. The third-order valence-electron chi connectivity index (χ3n) is 6.76. The lowest BCUT2D eigenvalue weighted by Gasteiger charge is -2.30. The molecule has 2 aromatic carbocycles. The van der Waals surface area contributed by atoms with Crippen molar-refractivity contribution >= 4 is 23.3 Å². The van der Waals surface area contributed by atoms with Crippen molar-refractivity contribution in [3.05, 3.63) is 81.7 Å². The number of anilines is 1. The second kappa shape index (κ2) is 11.9. The van der Waals surface area contributed by atoms with Crippen molar-refractivity contribution in [3.63, 3.8) is 0 Å². The minimum atomic E-state index is -6.36. The molecule has 1 heterocycles. The zero-order valence-corrected chi connectivity index (χ0v) is 24.1. The first kappa shape index (κ1) is 35.1. The van der Waals surface area contributed by atoms with Crippen LogP contribution in [0.3, 0.4) is 0 Å². The first-order valence-electron chi connectivity index (χ1n) is 12.9. The van der Waals surface area contributed by atoms with Crippen LogP contribution >= 0.6 is 0 Å². The van der Waals surface area contributed by atoms with E-state index in [-0.39, 0.29) is 40.5 Å². The number of hydrogen-bond acceptors (Lipinski definition) is 3. The maximum absolute atomic E-state index is 14.5. The van der Waals surface area contributed by atoms with Gasteiger partial charge in [0.15, 0.2) is 0 Å². The van der Waals surface area contributed by atoms with E-state index < -0.39 is 70.1 Å². The SMILES string of the molecule is Cc1cc(C(F)(C(F)(F)F)C(F)(F)F)ccc1NC(=O)c1cccc(-n2c(C)cc(C(=O)C(F)(F)F)c2C)c1C(=O)NC(C)C. The number of benzene rings is 2. The summed E-state index contributed by atoms with van der Waals surface area (Å²) in [5.74, 6) is -4.10. The van der Waals surface area contributed by atoms with Crippen LogP contribution in [-0.4, -0.2) is 46.7 Å². The van der Waals surface area contributed by atoms with Crippen molar-refractivity contribution in [3.8, 4) is 5.69 Å². The summed E-state index contributed by atoms with van der Waals surface area (Å²) in [6, 6.07) is 5.26. The molecule has 0 aliphatic rings. The molecule has 0 atom stereocenters. The molecule has 3 rings (SSSR count). The predicted octanol–water partition coefficient (Wildman–Crippen LogP) is 7.83. The fourth-order valence-electron chi connectivity index (χ4n) is 4.70. The molecule has 45 heavy (non-hydrogen) atoms. The van der Waals surface area contributed by atoms with Crippen molar-refractivity contribution < 1.29 is 58.3 Å². The minimum Gasteiger partial charge on any atom is -0.350 e. The third kappa shape index (κ3) is 6.54. The number of Topliss-reactive ketones (excluding diaryl/α,β-unsaturated/α-hetero) is 1. The first-order chi connectivity index (χ1) is 20.4. The summed E-state index contributed by atoms with van der Waals surface area (Å²) < 4.78 is 135. The van der Waals surface area contributed by atoms with E-state index in [9.17, 15) is 58.3 Å². The number of carbonyl (C=O) groups is 3. The largest absolute Gasteiger partial charge is 0.454 e. The van der Waals surface area contributed by atoms with Crippen LogP contribution in [0.1, 0.15) is 67.4 Å². The molecule has 0 aliphatic carbocycles. The Bertz CT molecular complexity index is 1640. The normalized spacial score (nSPS) is 12.8. The Morgan fingerprint density at radius 2 is 1.33 bits per heavy atom. The Morgan fingerprint density at radius 3 is 1.82 bits per heavy atom. The van der Waals surface area contributed by atoms with Crippen molar-refractivity contribution in [2.45, 2.75) is 64.9 Å². The summed E-state index contributed by atoms with van der Waals surface area (Å²) in [7, 11) is 0. The van der Waals surface area contributed by atoms with Crippen LogP contribution in [-0.2, 0) is 5.67 Å². The number of aromatic nitrogens is 1. The van der Waals surface area contributed by atoms with Crippen LogP contribution in [0.2, 0.25) is 0 Å². The van der Waals surface area contributed by atoms with Gasteiger partial charge in [-0.25, -0.2) is 4.39 Å². The van der Waals surface area contributed by atoms with Crippen molar-refractivity contribution in [2.75, 3.05) is 5.32 Å². The molecule has 0 aliphatic heterocycles. The molecule has 244 valence electrons. The maximum atomic E-state index is 14.5. The van der Waals surface area contributed by atoms with Gasteiger partial charge in [-0.1, -0.05) is 18.2 Å². The Labute approximate surface area is 249 Å². The van der Waals surface area contributed by atoms with Gasteiger partial charge < -0.3 is 15.2 Å². The van der Waals surface area contributed by atoms with Crippen molar-refractivity contribution in [2.24, 2.45) is 0 Å². The van der Waals surface area contributed by atoms with E-state index in [1.807, 2.05) is 0 Å². The Morgan fingerprint density at radius 1 is 0.756 bits per heavy atom. The summed E-state index contributed by atoms with van der Waals surface area (Å²) in [6.45, 7) is 6.71. The summed E-state index contributed by atoms with van der Waals surface area (Å²) in [6.07, 6.45) is -17.9. The lowest BCUT2D eigenvalue weighted by molar-refractivity contribution is -0.348. The highest BCUT2D eigenvalue weighted by Crippen LogP contribution is 2.53. The van der Waals surface area contributed by atoms with Crippen molar-refractivity contribution in [1.29, 1.82) is 0 Å². The lowest BCUT2D eigenvalue weighted by atomic mass is 9.92. The molecular weight excluding hydrogens is 628 g/mol. The molecule has 6 nitrogen and oxygen atoms in total. The summed E-state index contributed by atoms with van der Waals surface area (Å²) in [5.41, 5.74) is -9.91. The average molecular weight is 654 g/mol. The van der Waals surface area contributed by atoms with Crippen molar-refractivity contribution in [1.82, 2.24) is 9.88 Å². The van der Waals surface area contributed by atoms with Crippen LogP contribution < -0.4 is 10.6 Å². The molecule has 1 aromatic heterocycles. The van der Waals surface area contributed by atoms with Gasteiger partial charge in [-0.3, -0.25) is 14.4 Å². The van der Waals surface area contributed by atoms with Crippen LogP contribution in [0, 0.1) is 20.8 Å². The highest BCUT2D eigenvalue weighted by Gasteiger charge is 2.73. The number of carbonyl (C=O) groups excluding carboxylic acids is 3. The second-order valence-electron chi connectivity index (χ2n) is 10.4. The number of aryl methyl sites for hydroxylation is 2. The molecule has 0 radical (unpaired) electrons. The zero-order valence-electron chi connectivity index (χ0n) is 24.1. The fourth-order valence-corrected chi connectivity index (χ4v) is 4.70. The van der Waals surface area contributed by atoms with E-state index >= 15 is 0 Å². The van der Waals surface area contributed by atoms with E-state index in [0.717, 1.165) is 23.6 Å². The third-order valence-corrected chi connectivity index (χ3v) is 6.76. The van der Waals surface area contributed by atoms with Gasteiger partial charge in [0.05, 0.1) is 16.8 Å².